The summed E-state index contributed by atoms with van der Waals surface area (Å²) >= 11 is 0. The Morgan fingerprint density at radius 2 is 2.24 bits per heavy atom. The summed E-state index contributed by atoms with van der Waals surface area (Å²) in [7, 11) is 1.34. The van der Waals surface area contributed by atoms with Gasteiger partial charge in [0.05, 0.1) is 38.6 Å². The van der Waals surface area contributed by atoms with Gasteiger partial charge in [-0.15, -0.1) is 0 Å². The Kier molecular flexibility index (Phi) is 4.47. The lowest BCUT2D eigenvalue weighted by Crippen LogP contribution is -2.53. The number of hydrogen-bond donors (Lipinski definition) is 1. The Morgan fingerprint density at radius 1 is 1.36 bits per heavy atom. The number of hydrogen-bond acceptors (Lipinski definition) is 6. The van der Waals surface area contributed by atoms with Crippen LogP contribution >= 0.6 is 0 Å². The van der Waals surface area contributed by atoms with Gasteiger partial charge in [-0.2, -0.15) is 5.10 Å². The van der Waals surface area contributed by atoms with E-state index in [-0.39, 0.29) is 24.0 Å². The predicted molar refractivity (Wildman–Crippen MR) is 87.9 cm³/mol. The molecule has 1 saturated heterocycles. The fourth-order valence-electron chi connectivity index (χ4n) is 4.15. The Morgan fingerprint density at radius 3 is 3.08 bits per heavy atom. The maximum Gasteiger partial charge on any atom is 0.358 e. The van der Waals surface area contributed by atoms with Crippen molar-refractivity contribution in [3.63, 3.8) is 0 Å². The van der Waals surface area contributed by atoms with Crippen LogP contribution in [0.25, 0.3) is 0 Å². The van der Waals surface area contributed by atoms with Gasteiger partial charge < -0.3 is 19.7 Å². The van der Waals surface area contributed by atoms with E-state index in [2.05, 4.69) is 10.4 Å². The van der Waals surface area contributed by atoms with Crippen molar-refractivity contribution in [1.29, 1.82) is 0 Å². The van der Waals surface area contributed by atoms with Crippen LogP contribution in [0.1, 0.15) is 35.4 Å². The quantitative estimate of drug-likeness (QED) is 0.767. The number of fused-ring (bicyclic) bond motifs is 2. The molecule has 3 heterocycles. The van der Waals surface area contributed by atoms with Crippen LogP contribution in [0, 0.1) is 5.92 Å². The number of carbonyl (C=O) groups is 2. The number of morpholine rings is 1. The molecule has 2 aliphatic heterocycles. The first kappa shape index (κ1) is 16.5. The molecule has 25 heavy (non-hydrogen) atoms. The van der Waals surface area contributed by atoms with Crippen LogP contribution in [0.3, 0.4) is 0 Å². The largest absolute Gasteiger partial charge is 0.464 e. The lowest BCUT2D eigenvalue weighted by molar-refractivity contribution is -0.140. The Balaban J connectivity index is 1.42. The maximum absolute atomic E-state index is 13.0. The molecule has 2 fully saturated rings. The monoisotopic (exact) mass is 348 g/mol. The third-order valence-electron chi connectivity index (χ3n) is 5.48. The topological polar surface area (TPSA) is 85.7 Å². The summed E-state index contributed by atoms with van der Waals surface area (Å²) in [6, 6.07) is 2.01. The minimum atomic E-state index is -0.443. The van der Waals surface area contributed by atoms with Crippen molar-refractivity contribution in [2.75, 3.05) is 26.8 Å². The summed E-state index contributed by atoms with van der Waals surface area (Å²) in [5.41, 5.74) is 1.18. The van der Waals surface area contributed by atoms with E-state index in [4.69, 9.17) is 9.47 Å². The number of aromatic nitrogens is 2. The van der Waals surface area contributed by atoms with Gasteiger partial charge in [-0.3, -0.25) is 9.48 Å². The molecular formula is C17H24N4O4. The molecule has 0 spiro atoms. The first-order chi connectivity index (χ1) is 12.2. The fourth-order valence-corrected chi connectivity index (χ4v) is 4.15. The van der Waals surface area contributed by atoms with E-state index in [9.17, 15) is 9.59 Å². The number of nitrogens with zero attached hydrogens (tertiary/aromatic N) is 3. The highest BCUT2D eigenvalue weighted by molar-refractivity contribution is 5.87. The highest BCUT2D eigenvalue weighted by Gasteiger charge is 2.38. The normalized spacial score (nSPS) is 28.8. The molecule has 1 amide bonds. The highest BCUT2D eigenvalue weighted by atomic mass is 16.5. The zero-order valence-electron chi connectivity index (χ0n) is 14.4. The molecule has 1 saturated carbocycles. The lowest BCUT2D eigenvalue weighted by Gasteiger charge is -2.41. The van der Waals surface area contributed by atoms with Crippen LogP contribution in [0.5, 0.6) is 0 Å². The van der Waals surface area contributed by atoms with E-state index in [1.807, 2.05) is 4.90 Å². The molecule has 8 nitrogen and oxygen atoms in total. The van der Waals surface area contributed by atoms with Gasteiger partial charge in [0.25, 0.3) is 0 Å². The minimum absolute atomic E-state index is 0.0463. The van der Waals surface area contributed by atoms with Gasteiger partial charge in [-0.25, -0.2) is 4.79 Å². The number of nitrogens with one attached hydrogen (secondary N) is 1. The summed E-state index contributed by atoms with van der Waals surface area (Å²) in [5.74, 6) is -0.190. The first-order valence-electron chi connectivity index (χ1n) is 8.94. The van der Waals surface area contributed by atoms with E-state index in [0.717, 1.165) is 38.1 Å². The zero-order chi connectivity index (χ0) is 17.4. The summed E-state index contributed by atoms with van der Waals surface area (Å²) in [6.07, 6.45) is 2.91. The lowest BCUT2D eigenvalue weighted by atomic mass is 9.82. The van der Waals surface area contributed by atoms with Crippen molar-refractivity contribution in [2.24, 2.45) is 5.92 Å². The zero-order valence-corrected chi connectivity index (χ0v) is 14.4. The predicted octanol–water partition coefficient (Wildman–Crippen LogP) is 0.169. The second kappa shape index (κ2) is 6.76. The van der Waals surface area contributed by atoms with E-state index in [1.54, 1.807) is 10.7 Å². The van der Waals surface area contributed by atoms with Crippen molar-refractivity contribution >= 4 is 11.9 Å². The van der Waals surface area contributed by atoms with E-state index < -0.39 is 5.97 Å². The molecule has 1 aliphatic carbocycles. The average Bonchev–Trinajstić information content (AvgIpc) is 3.09. The molecule has 1 aromatic rings. The van der Waals surface area contributed by atoms with Crippen LogP contribution in [-0.2, 0) is 27.4 Å². The molecule has 0 aromatic carbocycles. The van der Waals surface area contributed by atoms with Crippen LogP contribution < -0.4 is 5.32 Å². The third kappa shape index (κ3) is 3.16. The number of ether oxygens (including phenoxy) is 2. The first-order valence-corrected chi connectivity index (χ1v) is 8.94. The molecule has 0 radical (unpaired) electrons. The second-order valence-corrected chi connectivity index (χ2v) is 6.98. The number of rotatable bonds is 2. The number of esters is 1. The summed E-state index contributed by atoms with van der Waals surface area (Å²) < 4.78 is 12.3. The standard InChI is InChI=1S/C17H24N4O4/c1-24-17(23)14-9-12-10-20(5-6-21(12)19-14)16(22)11-2-3-15-13(8-11)18-4-7-25-15/h9,11,13,15,18H,2-8,10H2,1H3/t11-,13+,15+/m0/s1. The van der Waals surface area contributed by atoms with Crippen molar-refractivity contribution in [1.82, 2.24) is 20.0 Å². The van der Waals surface area contributed by atoms with E-state index in [1.165, 1.54) is 7.11 Å². The van der Waals surface area contributed by atoms with Gasteiger partial charge in [-0.05, 0) is 25.3 Å². The summed E-state index contributed by atoms with van der Waals surface area (Å²) in [6.45, 7) is 3.36. The van der Waals surface area contributed by atoms with Crippen molar-refractivity contribution < 1.29 is 19.1 Å². The van der Waals surface area contributed by atoms with Gasteiger partial charge in [0, 0.05) is 25.0 Å². The van der Waals surface area contributed by atoms with Crippen molar-refractivity contribution in [2.45, 2.75) is 44.5 Å². The number of amides is 1. The van der Waals surface area contributed by atoms with Crippen LogP contribution in [0.15, 0.2) is 6.07 Å². The van der Waals surface area contributed by atoms with Gasteiger partial charge in [0.1, 0.15) is 0 Å². The van der Waals surface area contributed by atoms with Crippen LogP contribution in [0.4, 0.5) is 0 Å². The molecule has 0 unspecified atom stereocenters. The van der Waals surface area contributed by atoms with Crippen LogP contribution in [-0.4, -0.2) is 65.5 Å². The summed E-state index contributed by atoms with van der Waals surface area (Å²) in [5, 5.41) is 7.74. The van der Waals surface area contributed by atoms with Gasteiger partial charge in [0.15, 0.2) is 5.69 Å². The van der Waals surface area contributed by atoms with Gasteiger partial charge >= 0.3 is 5.97 Å². The maximum atomic E-state index is 13.0. The SMILES string of the molecule is COC(=O)c1cc2n(n1)CCN(C(=O)[C@H]1CC[C@H]3OCCN[C@@H]3C1)C2. The molecule has 1 aromatic heterocycles. The van der Waals surface area contributed by atoms with Gasteiger partial charge in [-0.1, -0.05) is 0 Å². The second-order valence-electron chi connectivity index (χ2n) is 6.98. The fraction of sp³-hybridized carbons (Fsp3) is 0.706. The molecule has 3 atom stereocenters. The molecule has 136 valence electrons. The molecule has 1 N–H and O–H groups in total. The Labute approximate surface area is 146 Å². The van der Waals surface area contributed by atoms with Crippen molar-refractivity contribution in [3.8, 4) is 0 Å². The molecular weight excluding hydrogens is 324 g/mol. The number of methoxy groups -OCH3 is 1. The van der Waals surface area contributed by atoms with Crippen LogP contribution in [0.2, 0.25) is 0 Å². The third-order valence-corrected chi connectivity index (χ3v) is 5.48. The smallest absolute Gasteiger partial charge is 0.358 e. The van der Waals surface area contributed by atoms with E-state index in [0.29, 0.717) is 25.3 Å². The Hall–Kier alpha value is -1.93. The molecule has 3 aliphatic rings. The highest BCUT2D eigenvalue weighted by Crippen LogP contribution is 2.30. The minimum Gasteiger partial charge on any atom is -0.464 e. The van der Waals surface area contributed by atoms with E-state index >= 15 is 0 Å². The van der Waals surface area contributed by atoms with Crippen molar-refractivity contribution in [3.05, 3.63) is 17.5 Å². The Bertz CT molecular complexity index is 674. The molecule has 8 heteroatoms. The van der Waals surface area contributed by atoms with Gasteiger partial charge in [0.2, 0.25) is 5.91 Å². The summed E-state index contributed by atoms with van der Waals surface area (Å²) in [4.78, 5) is 26.5. The number of carbonyl (C=O) groups excluding carboxylic acids is 2. The molecule has 4 rings (SSSR count). The average molecular weight is 348 g/mol. The molecule has 0 bridgehead atoms.